The first-order valence-electron chi connectivity index (χ1n) is 6.27. The number of nitrogens with one attached hydrogen (secondary N) is 3. The predicted molar refractivity (Wildman–Crippen MR) is 77.6 cm³/mol. The zero-order chi connectivity index (χ0) is 15.4. The van der Waals surface area contributed by atoms with E-state index in [2.05, 4.69) is 16.2 Å². The molecule has 0 saturated carbocycles. The Morgan fingerprint density at radius 2 is 1.86 bits per heavy atom. The number of carbonyl (C=O) groups excluding carboxylic acids is 3. The maximum absolute atomic E-state index is 11.7. The van der Waals surface area contributed by atoms with E-state index in [9.17, 15) is 14.4 Å². The highest BCUT2D eigenvalue weighted by molar-refractivity contribution is 6.35. The molecule has 1 heterocycles. The molecule has 1 aromatic rings. The third-order valence-corrected chi connectivity index (χ3v) is 3.65. The summed E-state index contributed by atoms with van der Waals surface area (Å²) in [5.41, 5.74) is 5.20. The van der Waals surface area contributed by atoms with E-state index in [0.717, 1.165) is 5.56 Å². The summed E-state index contributed by atoms with van der Waals surface area (Å²) in [4.78, 5) is 34.3. The molecule has 0 bridgehead atoms. The van der Waals surface area contributed by atoms with Crippen LogP contribution < -0.4 is 16.2 Å². The molecule has 21 heavy (non-hydrogen) atoms. The van der Waals surface area contributed by atoms with Gasteiger partial charge in [0.1, 0.15) is 5.92 Å². The molecular formula is C13H13Cl2N3O3. The zero-order valence-electron chi connectivity index (χ0n) is 10.9. The molecule has 1 fully saturated rings. The summed E-state index contributed by atoms with van der Waals surface area (Å²) in [5, 5.41) is 3.73. The molecule has 1 aliphatic heterocycles. The van der Waals surface area contributed by atoms with Crippen molar-refractivity contribution < 1.29 is 14.4 Å². The topological polar surface area (TPSA) is 87.3 Å². The molecule has 0 aliphatic carbocycles. The zero-order valence-corrected chi connectivity index (χ0v) is 12.4. The van der Waals surface area contributed by atoms with Gasteiger partial charge in [0.2, 0.25) is 5.91 Å². The Balaban J connectivity index is 1.79. The van der Waals surface area contributed by atoms with E-state index in [0.29, 0.717) is 23.0 Å². The van der Waals surface area contributed by atoms with Crippen molar-refractivity contribution in [2.24, 2.45) is 5.92 Å². The van der Waals surface area contributed by atoms with Gasteiger partial charge < -0.3 is 5.32 Å². The summed E-state index contributed by atoms with van der Waals surface area (Å²) in [5.74, 6) is -2.31. The Hall–Kier alpha value is -1.79. The fourth-order valence-corrected chi connectivity index (χ4v) is 2.42. The van der Waals surface area contributed by atoms with Crippen LogP contribution in [0.25, 0.3) is 0 Å². The molecule has 8 heteroatoms. The molecule has 0 spiro atoms. The second kappa shape index (κ2) is 6.78. The molecule has 1 aliphatic rings. The maximum atomic E-state index is 11.7. The monoisotopic (exact) mass is 329 g/mol. The van der Waals surface area contributed by atoms with Crippen LogP contribution in [0.2, 0.25) is 10.0 Å². The van der Waals surface area contributed by atoms with Crippen molar-refractivity contribution in [2.45, 2.75) is 12.8 Å². The lowest BCUT2D eigenvalue weighted by Crippen LogP contribution is -2.31. The molecule has 1 saturated heterocycles. The number of rotatable bonds is 5. The van der Waals surface area contributed by atoms with Crippen molar-refractivity contribution in [3.63, 3.8) is 0 Å². The fourth-order valence-electron chi connectivity index (χ4n) is 1.92. The van der Waals surface area contributed by atoms with Crippen molar-refractivity contribution in [1.82, 2.24) is 16.2 Å². The van der Waals surface area contributed by atoms with Gasteiger partial charge in [0.15, 0.2) is 0 Å². The first kappa shape index (κ1) is 15.6. The average Bonchev–Trinajstić information content (AvgIpc) is 2.73. The SMILES string of the molecule is O=C(CC1C(=O)NNC1=O)NCCc1ccc(Cl)cc1Cl. The molecule has 3 N–H and O–H groups in total. The number of hydrogen-bond acceptors (Lipinski definition) is 3. The smallest absolute Gasteiger partial charge is 0.251 e. The van der Waals surface area contributed by atoms with Crippen molar-refractivity contribution >= 4 is 40.9 Å². The van der Waals surface area contributed by atoms with Gasteiger partial charge in [0.25, 0.3) is 11.8 Å². The number of carbonyl (C=O) groups is 3. The van der Waals surface area contributed by atoms with Crippen LogP contribution in [-0.2, 0) is 20.8 Å². The van der Waals surface area contributed by atoms with Gasteiger partial charge in [-0.2, -0.15) is 0 Å². The van der Waals surface area contributed by atoms with E-state index in [1.165, 1.54) is 0 Å². The first-order valence-corrected chi connectivity index (χ1v) is 7.03. The minimum absolute atomic E-state index is 0.175. The van der Waals surface area contributed by atoms with Crippen LogP contribution in [0, 0.1) is 5.92 Å². The molecule has 0 unspecified atom stereocenters. The van der Waals surface area contributed by atoms with E-state index in [1.54, 1.807) is 18.2 Å². The first-order chi connectivity index (χ1) is 9.97. The number of hydrazine groups is 1. The highest BCUT2D eigenvalue weighted by atomic mass is 35.5. The Labute approximate surface area is 131 Å². The molecular weight excluding hydrogens is 317 g/mol. The van der Waals surface area contributed by atoms with Crippen LogP contribution in [0.3, 0.4) is 0 Å². The lowest BCUT2D eigenvalue weighted by molar-refractivity contribution is -0.133. The Kier molecular flexibility index (Phi) is 5.03. The lowest BCUT2D eigenvalue weighted by atomic mass is 10.1. The van der Waals surface area contributed by atoms with Crippen molar-refractivity contribution in [2.75, 3.05) is 6.54 Å². The van der Waals surface area contributed by atoms with Crippen LogP contribution in [0.4, 0.5) is 0 Å². The van der Waals surface area contributed by atoms with Gasteiger partial charge in [-0.1, -0.05) is 29.3 Å². The van der Waals surface area contributed by atoms with Crippen LogP contribution in [0.1, 0.15) is 12.0 Å². The van der Waals surface area contributed by atoms with Crippen molar-refractivity contribution in [1.29, 1.82) is 0 Å². The summed E-state index contributed by atoms with van der Waals surface area (Å²) < 4.78 is 0. The highest BCUT2D eigenvalue weighted by Gasteiger charge is 2.34. The average molecular weight is 330 g/mol. The van der Waals surface area contributed by atoms with Crippen LogP contribution >= 0.6 is 23.2 Å². The third-order valence-electron chi connectivity index (χ3n) is 3.06. The summed E-state index contributed by atoms with van der Waals surface area (Å²) >= 11 is 11.8. The quantitative estimate of drug-likeness (QED) is 0.699. The molecule has 1 aromatic carbocycles. The van der Waals surface area contributed by atoms with E-state index in [1.807, 2.05) is 0 Å². The number of amides is 3. The third kappa shape index (κ3) is 4.09. The van der Waals surface area contributed by atoms with Gasteiger partial charge >= 0.3 is 0 Å². The molecule has 6 nitrogen and oxygen atoms in total. The Morgan fingerprint density at radius 3 is 2.48 bits per heavy atom. The molecule has 3 amide bonds. The minimum Gasteiger partial charge on any atom is -0.356 e. The highest BCUT2D eigenvalue weighted by Crippen LogP contribution is 2.21. The van der Waals surface area contributed by atoms with E-state index < -0.39 is 17.7 Å². The molecule has 0 radical (unpaired) electrons. The van der Waals surface area contributed by atoms with Gasteiger partial charge in [-0.25, -0.2) is 0 Å². The summed E-state index contributed by atoms with van der Waals surface area (Å²) in [6.45, 7) is 0.357. The Bertz CT molecular complexity index is 576. The fraction of sp³-hybridized carbons (Fsp3) is 0.308. The summed E-state index contributed by atoms with van der Waals surface area (Å²) in [6, 6.07) is 5.14. The lowest BCUT2D eigenvalue weighted by Gasteiger charge is -2.08. The minimum atomic E-state index is -0.968. The van der Waals surface area contributed by atoms with E-state index in [4.69, 9.17) is 23.2 Å². The number of hydrogen-bond donors (Lipinski definition) is 3. The second-order valence-corrected chi connectivity index (χ2v) is 5.41. The maximum Gasteiger partial charge on any atom is 0.251 e. The molecule has 0 aromatic heterocycles. The molecule has 0 atom stereocenters. The van der Waals surface area contributed by atoms with Gasteiger partial charge in [-0.15, -0.1) is 0 Å². The van der Waals surface area contributed by atoms with Crippen LogP contribution in [0.15, 0.2) is 18.2 Å². The van der Waals surface area contributed by atoms with Crippen LogP contribution in [-0.4, -0.2) is 24.3 Å². The van der Waals surface area contributed by atoms with Crippen molar-refractivity contribution in [3.8, 4) is 0 Å². The van der Waals surface area contributed by atoms with E-state index >= 15 is 0 Å². The van der Waals surface area contributed by atoms with Gasteiger partial charge in [-0.05, 0) is 24.1 Å². The normalized spacial score (nSPS) is 14.8. The standard InChI is InChI=1S/C13H13Cl2N3O3/c14-8-2-1-7(10(15)5-8)3-4-16-11(19)6-9-12(20)17-18-13(9)21/h1-2,5,9H,3-4,6H2,(H,16,19)(H,17,20)(H,18,21). The van der Waals surface area contributed by atoms with Gasteiger partial charge in [0.05, 0.1) is 0 Å². The largest absolute Gasteiger partial charge is 0.356 e. The van der Waals surface area contributed by atoms with Gasteiger partial charge in [-0.3, -0.25) is 25.2 Å². The summed E-state index contributed by atoms with van der Waals surface area (Å²) in [6.07, 6.45) is 0.358. The van der Waals surface area contributed by atoms with Gasteiger partial charge in [0, 0.05) is 23.0 Å². The number of benzene rings is 1. The summed E-state index contributed by atoms with van der Waals surface area (Å²) in [7, 11) is 0. The predicted octanol–water partition coefficient (Wildman–Crippen LogP) is 0.819. The van der Waals surface area contributed by atoms with E-state index in [-0.39, 0.29) is 12.3 Å². The molecule has 112 valence electrons. The Morgan fingerprint density at radius 1 is 1.19 bits per heavy atom. The second-order valence-electron chi connectivity index (χ2n) is 4.57. The number of halogens is 2. The molecule has 2 rings (SSSR count). The van der Waals surface area contributed by atoms with Crippen LogP contribution in [0.5, 0.6) is 0 Å². The van der Waals surface area contributed by atoms with Crippen molar-refractivity contribution in [3.05, 3.63) is 33.8 Å².